The van der Waals surface area contributed by atoms with Crippen LogP contribution in [0.1, 0.15) is 63.6 Å². The topological polar surface area (TPSA) is 83.1 Å². The molecule has 2 aromatic carbocycles. The van der Waals surface area contributed by atoms with Crippen LogP contribution in [0.15, 0.2) is 47.3 Å². The molecule has 0 saturated heterocycles. The largest absolute Gasteiger partial charge is 0.272 e. The van der Waals surface area contributed by atoms with Crippen LogP contribution < -0.4 is 5.56 Å². The number of rotatable bonds is 3. The zero-order chi connectivity index (χ0) is 19.3. The lowest BCUT2D eigenvalue weighted by atomic mass is 9.95. The van der Waals surface area contributed by atoms with E-state index in [1.165, 1.54) is 23.3 Å². The number of aromatic amines is 1. The second-order valence-corrected chi connectivity index (χ2v) is 7.53. The summed E-state index contributed by atoms with van der Waals surface area (Å²) in [5.74, 6) is -0.154. The number of H-pyrrole nitrogens is 1. The number of carbonyl (C=O) groups excluding carboxylic acids is 2. The summed E-state index contributed by atoms with van der Waals surface area (Å²) >= 11 is 0. The van der Waals surface area contributed by atoms with E-state index >= 15 is 0 Å². The van der Waals surface area contributed by atoms with Gasteiger partial charge in [-0.2, -0.15) is 5.10 Å². The molecule has 6 heteroatoms. The Balaban J connectivity index is 1.57. The highest BCUT2D eigenvalue weighted by Gasteiger charge is 2.35. The monoisotopic (exact) mass is 373 g/mol. The first-order chi connectivity index (χ1) is 13.6. The molecule has 5 rings (SSSR count). The van der Waals surface area contributed by atoms with Gasteiger partial charge in [-0.25, -0.2) is 5.10 Å². The molecule has 1 fully saturated rings. The van der Waals surface area contributed by atoms with Gasteiger partial charge >= 0.3 is 0 Å². The molecule has 1 aromatic heterocycles. The lowest BCUT2D eigenvalue weighted by Crippen LogP contribution is -2.30. The lowest BCUT2D eigenvalue weighted by molar-refractivity contribution is 0.0641. The highest BCUT2D eigenvalue weighted by atomic mass is 16.2. The first kappa shape index (κ1) is 16.9. The van der Waals surface area contributed by atoms with Crippen LogP contribution in [0.5, 0.6) is 0 Å². The van der Waals surface area contributed by atoms with E-state index in [-0.39, 0.29) is 23.9 Å². The van der Waals surface area contributed by atoms with Crippen molar-refractivity contribution in [2.75, 3.05) is 0 Å². The molecule has 0 unspecified atom stereocenters. The number of carbonyl (C=O) groups is 2. The highest BCUT2D eigenvalue weighted by molar-refractivity contribution is 6.21. The first-order valence-corrected chi connectivity index (χ1v) is 9.60. The molecule has 1 N–H and O–H groups in total. The van der Waals surface area contributed by atoms with E-state index in [0.717, 1.165) is 12.8 Å². The summed E-state index contributed by atoms with van der Waals surface area (Å²) in [5, 5.41) is 7.93. The number of benzene rings is 2. The van der Waals surface area contributed by atoms with E-state index in [1.807, 2.05) is 18.2 Å². The van der Waals surface area contributed by atoms with Crippen molar-refractivity contribution in [1.82, 2.24) is 15.1 Å². The molecule has 2 heterocycles. The molecule has 2 amide bonds. The Morgan fingerprint density at radius 2 is 1.61 bits per heavy atom. The van der Waals surface area contributed by atoms with Crippen molar-refractivity contribution in [3.63, 3.8) is 0 Å². The number of aromatic nitrogens is 2. The minimum absolute atomic E-state index is 0.0355. The summed E-state index contributed by atoms with van der Waals surface area (Å²) in [5.41, 5.74) is 2.28. The van der Waals surface area contributed by atoms with Crippen LogP contribution in [0.2, 0.25) is 0 Å². The molecule has 0 bridgehead atoms. The average Bonchev–Trinajstić information content (AvgIpc) is 3.34. The Bertz CT molecular complexity index is 1140. The van der Waals surface area contributed by atoms with Crippen molar-refractivity contribution in [2.45, 2.75) is 38.1 Å². The molecule has 140 valence electrons. The maximum atomic E-state index is 12.7. The molecule has 6 nitrogen and oxygen atoms in total. The number of imide groups is 1. The van der Waals surface area contributed by atoms with Crippen LogP contribution in [0.4, 0.5) is 0 Å². The van der Waals surface area contributed by atoms with Crippen molar-refractivity contribution in [3.8, 4) is 0 Å². The molecule has 0 atom stereocenters. The van der Waals surface area contributed by atoms with E-state index in [4.69, 9.17) is 0 Å². The number of fused-ring (bicyclic) bond motifs is 2. The molecule has 0 radical (unpaired) electrons. The number of amides is 2. The summed E-state index contributed by atoms with van der Waals surface area (Å²) in [6.07, 6.45) is 4.74. The van der Waals surface area contributed by atoms with Gasteiger partial charge in [-0.05, 0) is 48.6 Å². The summed E-state index contributed by atoms with van der Waals surface area (Å²) in [7, 11) is 0. The number of nitrogens with zero attached hydrogens (tertiary/aromatic N) is 2. The zero-order valence-electron chi connectivity index (χ0n) is 15.3. The second-order valence-electron chi connectivity index (χ2n) is 7.53. The smallest absolute Gasteiger partial charge is 0.269 e. The predicted molar refractivity (Wildman–Crippen MR) is 104 cm³/mol. The second kappa shape index (κ2) is 6.41. The van der Waals surface area contributed by atoms with Crippen molar-refractivity contribution in [3.05, 3.63) is 75.2 Å². The molecule has 1 aliphatic heterocycles. The summed E-state index contributed by atoms with van der Waals surface area (Å²) in [6, 6.07) is 12.7. The van der Waals surface area contributed by atoms with Gasteiger partial charge in [-0.1, -0.05) is 31.0 Å². The normalized spacial score (nSPS) is 16.9. The quantitative estimate of drug-likeness (QED) is 0.714. The van der Waals surface area contributed by atoms with Crippen LogP contribution in [0.25, 0.3) is 10.8 Å². The van der Waals surface area contributed by atoms with E-state index in [9.17, 15) is 14.4 Å². The summed E-state index contributed by atoms with van der Waals surface area (Å²) in [4.78, 5) is 38.8. The van der Waals surface area contributed by atoms with E-state index in [2.05, 4.69) is 10.2 Å². The molecule has 0 spiro atoms. The summed E-state index contributed by atoms with van der Waals surface area (Å²) < 4.78 is 0. The minimum atomic E-state index is -0.325. The van der Waals surface area contributed by atoms with Crippen molar-refractivity contribution in [1.29, 1.82) is 0 Å². The maximum Gasteiger partial charge on any atom is 0.272 e. The van der Waals surface area contributed by atoms with Gasteiger partial charge < -0.3 is 0 Å². The fourth-order valence-corrected chi connectivity index (χ4v) is 4.40. The van der Waals surface area contributed by atoms with Crippen molar-refractivity contribution in [2.24, 2.45) is 0 Å². The van der Waals surface area contributed by atoms with Crippen molar-refractivity contribution >= 4 is 22.6 Å². The molecular weight excluding hydrogens is 354 g/mol. The standard InChI is InChI=1S/C22H19N3O3/c26-20-15-10-9-14(13-5-1-2-6-13)11-18(15)19(23-24-20)12-25-21(27)16-7-3-4-8-17(16)22(25)28/h3-4,7-11,13H,1-2,5-6,12H2,(H,24,26). The van der Waals surface area contributed by atoms with Crippen LogP contribution in [-0.4, -0.2) is 26.9 Å². The fraction of sp³-hybridized carbons (Fsp3) is 0.273. The highest BCUT2D eigenvalue weighted by Crippen LogP contribution is 2.35. The zero-order valence-corrected chi connectivity index (χ0v) is 15.3. The van der Waals surface area contributed by atoms with Gasteiger partial charge in [0.15, 0.2) is 0 Å². The van der Waals surface area contributed by atoms with Gasteiger partial charge in [0.05, 0.1) is 28.8 Å². The Kier molecular flexibility index (Phi) is 3.86. The third-order valence-electron chi connectivity index (χ3n) is 5.90. The maximum absolute atomic E-state index is 12.7. The van der Waals surface area contributed by atoms with E-state index in [0.29, 0.717) is 33.5 Å². The van der Waals surface area contributed by atoms with Gasteiger partial charge in [0, 0.05) is 5.39 Å². The molecular formula is C22H19N3O3. The van der Waals surface area contributed by atoms with Gasteiger partial charge in [0.25, 0.3) is 17.4 Å². The van der Waals surface area contributed by atoms with E-state index in [1.54, 1.807) is 24.3 Å². The first-order valence-electron chi connectivity index (χ1n) is 9.60. The molecule has 1 saturated carbocycles. The van der Waals surface area contributed by atoms with Gasteiger partial charge in [-0.3, -0.25) is 19.3 Å². The summed E-state index contributed by atoms with van der Waals surface area (Å²) in [6.45, 7) is 0.0355. The fourth-order valence-electron chi connectivity index (χ4n) is 4.40. The number of hydrogen-bond donors (Lipinski definition) is 1. The van der Waals surface area contributed by atoms with Crippen molar-refractivity contribution < 1.29 is 9.59 Å². The number of hydrogen-bond acceptors (Lipinski definition) is 4. The Morgan fingerprint density at radius 3 is 2.29 bits per heavy atom. The third-order valence-corrected chi connectivity index (χ3v) is 5.90. The SMILES string of the molecule is O=C1c2ccccc2C(=O)N1Cc1n[nH]c(=O)c2ccc(C3CCCC3)cc12. The molecule has 2 aliphatic rings. The average molecular weight is 373 g/mol. The molecule has 1 aliphatic carbocycles. The predicted octanol–water partition coefficient (Wildman–Crippen LogP) is 3.38. The Morgan fingerprint density at radius 1 is 0.929 bits per heavy atom. The molecule has 3 aromatic rings. The number of nitrogens with one attached hydrogen (secondary N) is 1. The minimum Gasteiger partial charge on any atom is -0.269 e. The lowest BCUT2D eigenvalue weighted by Gasteiger charge is -2.16. The van der Waals surface area contributed by atoms with Crippen LogP contribution in [0, 0.1) is 0 Å². The van der Waals surface area contributed by atoms with Gasteiger partial charge in [-0.15, -0.1) is 0 Å². The van der Waals surface area contributed by atoms with Gasteiger partial charge in [0.2, 0.25) is 0 Å². The Hall–Kier alpha value is -3.28. The van der Waals surface area contributed by atoms with Crippen LogP contribution >= 0.6 is 0 Å². The van der Waals surface area contributed by atoms with Crippen LogP contribution in [0.3, 0.4) is 0 Å². The van der Waals surface area contributed by atoms with Gasteiger partial charge in [0.1, 0.15) is 0 Å². The molecule has 28 heavy (non-hydrogen) atoms. The third kappa shape index (κ3) is 2.56. The van der Waals surface area contributed by atoms with Crippen LogP contribution in [-0.2, 0) is 6.54 Å². The Labute approximate surface area is 161 Å². The van der Waals surface area contributed by atoms with E-state index < -0.39 is 0 Å².